The van der Waals surface area contributed by atoms with Gasteiger partial charge in [0.25, 0.3) is 0 Å². The molecule has 4 aromatic carbocycles. The third-order valence-electron chi connectivity index (χ3n) is 5.94. The molecule has 0 aliphatic rings. The molecule has 0 heterocycles. The van der Waals surface area contributed by atoms with Crippen molar-refractivity contribution < 1.29 is 9.05 Å². The zero-order valence-electron chi connectivity index (χ0n) is 18.8. The van der Waals surface area contributed by atoms with Gasteiger partial charge in [0.2, 0.25) is 0 Å². The number of hydrogen-bond donors (Lipinski definition) is 0. The van der Waals surface area contributed by atoms with E-state index < -0.39 is 0 Å². The van der Waals surface area contributed by atoms with Gasteiger partial charge in [-0.25, -0.2) is 0 Å². The Kier molecular flexibility index (Phi) is 9.26. The lowest BCUT2D eigenvalue weighted by Crippen LogP contribution is -2.05. The summed E-state index contributed by atoms with van der Waals surface area (Å²) in [5.41, 5.74) is 5.30. The molecule has 0 fully saturated rings. The summed E-state index contributed by atoms with van der Waals surface area (Å²) in [6.45, 7) is 1.35. The van der Waals surface area contributed by atoms with E-state index in [-0.39, 0.29) is 9.03 Å². The van der Waals surface area contributed by atoms with Crippen LogP contribution in [0, 0.1) is 0 Å². The highest BCUT2D eigenvalue weighted by molar-refractivity contribution is 7.26. The van der Waals surface area contributed by atoms with Crippen molar-refractivity contribution >= 4 is 9.03 Å². The van der Waals surface area contributed by atoms with Gasteiger partial charge in [-0.1, -0.05) is 121 Å². The van der Waals surface area contributed by atoms with Crippen molar-refractivity contribution in [2.45, 2.75) is 24.7 Å². The molecule has 2 nitrogen and oxygen atoms in total. The number of rotatable bonds is 12. The van der Waals surface area contributed by atoms with Crippen LogP contribution in [0.2, 0.25) is 0 Å². The quantitative estimate of drug-likeness (QED) is 0.160. The first-order valence-electron chi connectivity index (χ1n) is 11.6. The Morgan fingerprint density at radius 2 is 0.697 bits per heavy atom. The van der Waals surface area contributed by atoms with Crippen LogP contribution in [0.3, 0.4) is 0 Å². The molecule has 4 rings (SSSR count). The summed E-state index contributed by atoms with van der Waals surface area (Å²) in [6.07, 6.45) is 1.86. The van der Waals surface area contributed by atoms with Gasteiger partial charge < -0.3 is 9.05 Å². The lowest BCUT2D eigenvalue weighted by molar-refractivity contribution is 0.255. The molecule has 4 aromatic rings. The summed E-state index contributed by atoms with van der Waals surface area (Å²) in [4.78, 5) is 0. The van der Waals surface area contributed by atoms with Crippen LogP contribution in [0.15, 0.2) is 121 Å². The van der Waals surface area contributed by atoms with E-state index in [1.807, 2.05) is 0 Å². The molecule has 0 aliphatic carbocycles. The van der Waals surface area contributed by atoms with Crippen LogP contribution in [0.4, 0.5) is 0 Å². The van der Waals surface area contributed by atoms with Gasteiger partial charge in [0.05, 0.1) is 13.2 Å². The van der Waals surface area contributed by atoms with E-state index in [2.05, 4.69) is 121 Å². The Morgan fingerprint density at radius 3 is 0.970 bits per heavy atom. The van der Waals surface area contributed by atoms with Crippen molar-refractivity contribution in [3.05, 3.63) is 144 Å². The second kappa shape index (κ2) is 13.1. The van der Waals surface area contributed by atoms with E-state index in [4.69, 9.17) is 9.05 Å². The second-order valence-electron chi connectivity index (χ2n) is 8.11. The van der Waals surface area contributed by atoms with Crippen molar-refractivity contribution in [1.29, 1.82) is 0 Å². The maximum atomic E-state index is 5.91. The highest BCUT2D eigenvalue weighted by Crippen LogP contribution is 2.31. The lowest BCUT2D eigenvalue weighted by Gasteiger charge is -2.19. The largest absolute Gasteiger partial charge is 0.336 e. The van der Waals surface area contributed by atoms with Crippen LogP contribution in [0.5, 0.6) is 0 Å². The van der Waals surface area contributed by atoms with Gasteiger partial charge in [-0.2, -0.15) is 0 Å². The standard InChI is InChI=1S/C30H31O2P/c1-5-13-25(14-6-1)29(26-15-7-2-8-16-26)21-23-31-33-32-24-22-30(27-17-9-3-10-18-27)28-19-11-4-12-20-28/h1-20,29-30,33H,21-24H2. The molecular formula is C30H31O2P. The van der Waals surface area contributed by atoms with Crippen LogP contribution < -0.4 is 0 Å². The molecule has 0 aromatic heterocycles. The lowest BCUT2D eigenvalue weighted by atomic mass is 9.89. The van der Waals surface area contributed by atoms with Gasteiger partial charge in [0.15, 0.2) is 9.03 Å². The second-order valence-corrected chi connectivity index (χ2v) is 8.85. The van der Waals surface area contributed by atoms with Gasteiger partial charge in [-0.05, 0) is 35.1 Å². The third-order valence-corrected chi connectivity index (χ3v) is 6.59. The third kappa shape index (κ3) is 7.11. The Morgan fingerprint density at radius 1 is 0.424 bits per heavy atom. The molecule has 3 heteroatoms. The molecule has 0 bridgehead atoms. The highest BCUT2D eigenvalue weighted by atomic mass is 31.1. The van der Waals surface area contributed by atoms with Gasteiger partial charge in [-0.15, -0.1) is 0 Å². The summed E-state index contributed by atoms with van der Waals surface area (Å²) in [5, 5.41) is 0. The molecule has 0 aliphatic heterocycles. The molecule has 168 valence electrons. The predicted octanol–water partition coefficient (Wildman–Crippen LogP) is 7.97. The van der Waals surface area contributed by atoms with Crippen LogP contribution in [-0.4, -0.2) is 13.2 Å². The van der Waals surface area contributed by atoms with Gasteiger partial charge in [0.1, 0.15) is 0 Å². The van der Waals surface area contributed by atoms with Crippen LogP contribution >= 0.6 is 9.03 Å². The van der Waals surface area contributed by atoms with E-state index in [0.29, 0.717) is 25.0 Å². The zero-order valence-corrected chi connectivity index (χ0v) is 19.8. The number of hydrogen-bond acceptors (Lipinski definition) is 2. The molecule has 0 saturated carbocycles. The molecule has 33 heavy (non-hydrogen) atoms. The first kappa shape index (κ1) is 23.4. The normalized spacial score (nSPS) is 11.2. The molecular weight excluding hydrogens is 423 g/mol. The predicted molar refractivity (Wildman–Crippen MR) is 139 cm³/mol. The minimum Gasteiger partial charge on any atom is -0.336 e. The Balaban J connectivity index is 1.25. The van der Waals surface area contributed by atoms with Crippen LogP contribution in [0.1, 0.15) is 46.9 Å². The minimum absolute atomic E-state index is 0.0620. The summed E-state index contributed by atoms with van der Waals surface area (Å²) in [6, 6.07) is 42.7. The Labute approximate surface area is 199 Å². The number of benzene rings is 4. The summed E-state index contributed by atoms with van der Waals surface area (Å²) in [5.74, 6) is 0.662. The Bertz CT molecular complexity index is 874. The van der Waals surface area contributed by atoms with Crippen LogP contribution in [0.25, 0.3) is 0 Å². The van der Waals surface area contributed by atoms with Crippen molar-refractivity contribution in [1.82, 2.24) is 0 Å². The van der Waals surface area contributed by atoms with Crippen molar-refractivity contribution in [3.8, 4) is 0 Å². The van der Waals surface area contributed by atoms with E-state index in [0.717, 1.165) is 12.8 Å². The maximum Gasteiger partial charge on any atom is 0.155 e. The van der Waals surface area contributed by atoms with Crippen molar-refractivity contribution in [2.75, 3.05) is 13.2 Å². The molecule has 0 N–H and O–H groups in total. The monoisotopic (exact) mass is 454 g/mol. The zero-order chi connectivity index (χ0) is 22.6. The average Bonchev–Trinajstić information content (AvgIpc) is 2.90. The molecule has 0 unspecified atom stereocenters. The summed E-state index contributed by atoms with van der Waals surface area (Å²) < 4.78 is 11.8. The first-order valence-corrected chi connectivity index (χ1v) is 12.4. The summed E-state index contributed by atoms with van der Waals surface area (Å²) in [7, 11) is 0.0620. The Hall–Kier alpha value is -2.77. The first-order chi connectivity index (χ1) is 16.4. The van der Waals surface area contributed by atoms with Crippen molar-refractivity contribution in [3.63, 3.8) is 0 Å². The van der Waals surface area contributed by atoms with Crippen LogP contribution in [-0.2, 0) is 9.05 Å². The van der Waals surface area contributed by atoms with Gasteiger partial charge in [0, 0.05) is 11.8 Å². The molecule has 0 spiro atoms. The van der Waals surface area contributed by atoms with Gasteiger partial charge >= 0.3 is 0 Å². The topological polar surface area (TPSA) is 18.5 Å². The van der Waals surface area contributed by atoms with Crippen molar-refractivity contribution in [2.24, 2.45) is 0 Å². The summed E-state index contributed by atoms with van der Waals surface area (Å²) >= 11 is 0. The van der Waals surface area contributed by atoms with E-state index in [9.17, 15) is 0 Å². The molecule has 0 radical (unpaired) electrons. The molecule has 0 atom stereocenters. The van der Waals surface area contributed by atoms with Gasteiger partial charge in [-0.3, -0.25) is 0 Å². The SMILES string of the molecule is c1ccc(C(CCOPOCCC(c2ccccc2)c2ccccc2)c2ccccc2)cc1. The van der Waals surface area contributed by atoms with E-state index in [1.54, 1.807) is 0 Å². The van der Waals surface area contributed by atoms with E-state index in [1.165, 1.54) is 22.3 Å². The minimum atomic E-state index is 0.0620. The maximum absolute atomic E-state index is 5.91. The van der Waals surface area contributed by atoms with E-state index >= 15 is 0 Å². The fourth-order valence-electron chi connectivity index (χ4n) is 4.27. The smallest absolute Gasteiger partial charge is 0.155 e. The average molecular weight is 455 g/mol. The fourth-order valence-corrected chi connectivity index (χ4v) is 4.76. The highest BCUT2D eigenvalue weighted by Gasteiger charge is 2.15. The molecule has 0 saturated heterocycles. The molecule has 0 amide bonds. The fraction of sp³-hybridized carbons (Fsp3) is 0.200.